The van der Waals surface area contributed by atoms with E-state index in [2.05, 4.69) is 4.98 Å². The number of Topliss-reactive ketones (excluding diaryl/α,β-unsaturated/α-hetero) is 1. The molecule has 0 unspecified atom stereocenters. The molecule has 0 bridgehead atoms. The number of ketones is 1. The first kappa shape index (κ1) is 26.5. The van der Waals surface area contributed by atoms with Crippen molar-refractivity contribution in [3.63, 3.8) is 0 Å². The number of methoxy groups -OCH3 is 1. The van der Waals surface area contributed by atoms with Crippen molar-refractivity contribution in [3.05, 3.63) is 82.8 Å². The highest BCUT2D eigenvalue weighted by Gasteiger charge is 2.30. The first-order valence-corrected chi connectivity index (χ1v) is 14.4. The van der Waals surface area contributed by atoms with Crippen LogP contribution in [0, 0.1) is 6.92 Å². The lowest BCUT2D eigenvalue weighted by Gasteiger charge is -2.10. The van der Waals surface area contributed by atoms with E-state index < -0.39 is 42.9 Å². The maximum atomic E-state index is 13.3. The van der Waals surface area contributed by atoms with E-state index in [9.17, 15) is 21.6 Å². The number of nitrogens with two attached hydrogens (primary N) is 1. The zero-order valence-electron chi connectivity index (χ0n) is 19.7. The van der Waals surface area contributed by atoms with Crippen LogP contribution in [-0.4, -0.2) is 44.4 Å². The molecule has 0 amide bonds. The van der Waals surface area contributed by atoms with Crippen molar-refractivity contribution in [3.8, 4) is 17.2 Å². The summed E-state index contributed by atoms with van der Waals surface area (Å²) in [5.74, 6) is -2.81. The van der Waals surface area contributed by atoms with E-state index in [1.54, 1.807) is 12.1 Å². The Morgan fingerprint density at radius 1 is 1.14 bits per heavy atom. The van der Waals surface area contributed by atoms with Gasteiger partial charge in [0.1, 0.15) is 17.3 Å². The van der Waals surface area contributed by atoms with Gasteiger partial charge in [0.05, 0.1) is 22.8 Å². The number of hydrogen-bond donors (Lipinski definition) is 1. The minimum Gasteiger partial charge on any atom is -0.493 e. The van der Waals surface area contributed by atoms with Crippen molar-refractivity contribution >= 4 is 43.1 Å². The van der Waals surface area contributed by atoms with Gasteiger partial charge < -0.3 is 14.9 Å². The van der Waals surface area contributed by atoms with E-state index in [1.807, 2.05) is 6.92 Å². The monoisotopic (exact) mass is 563 g/mol. The predicted octanol–water partition coefficient (Wildman–Crippen LogP) is 3.73. The molecule has 0 fully saturated rings. The van der Waals surface area contributed by atoms with E-state index in [4.69, 9.17) is 26.5 Å². The SMILES string of the molecule is COc1cc(-c2c(Cl)ccn2S(=O)(=O)c2ccc(C)cc2)oc1C(=O)CS(=O)(=O)Cc1cccnc1N. The molecule has 0 saturated heterocycles. The predicted molar refractivity (Wildman–Crippen MR) is 138 cm³/mol. The molecular weight excluding hydrogens is 542 g/mol. The van der Waals surface area contributed by atoms with Crippen LogP contribution < -0.4 is 10.5 Å². The van der Waals surface area contributed by atoms with Gasteiger partial charge in [0.25, 0.3) is 10.0 Å². The molecule has 4 aromatic rings. The maximum Gasteiger partial charge on any atom is 0.268 e. The van der Waals surface area contributed by atoms with Crippen molar-refractivity contribution in [1.29, 1.82) is 0 Å². The Hall–Kier alpha value is -3.61. The van der Waals surface area contributed by atoms with E-state index in [0.29, 0.717) is 0 Å². The minimum absolute atomic E-state index is 0.0159. The molecule has 10 nitrogen and oxygen atoms in total. The number of ether oxygens (including phenoxy) is 1. The molecule has 13 heteroatoms. The minimum atomic E-state index is -4.08. The number of anilines is 1. The van der Waals surface area contributed by atoms with Crippen LogP contribution >= 0.6 is 11.6 Å². The fourth-order valence-electron chi connectivity index (χ4n) is 3.61. The van der Waals surface area contributed by atoms with E-state index in [1.165, 1.54) is 55.9 Å². The molecule has 0 aliphatic rings. The third-order valence-corrected chi connectivity index (χ3v) is 8.89. The summed E-state index contributed by atoms with van der Waals surface area (Å²) < 4.78 is 63.8. The molecule has 0 radical (unpaired) electrons. The molecule has 3 aromatic heterocycles. The fourth-order valence-corrected chi connectivity index (χ4v) is 6.60. The number of nitrogen functional groups attached to an aromatic ring is 1. The van der Waals surface area contributed by atoms with Gasteiger partial charge in [-0.05, 0) is 31.2 Å². The molecule has 3 heterocycles. The average molecular weight is 564 g/mol. The van der Waals surface area contributed by atoms with Crippen LogP contribution in [0.4, 0.5) is 5.82 Å². The number of furan rings is 1. The Kier molecular flexibility index (Phi) is 7.18. The highest BCUT2D eigenvalue weighted by Crippen LogP contribution is 2.37. The standard InChI is InChI=1S/C24H22ClN3O7S2/c1-15-5-7-17(8-6-15)37(32,33)28-11-9-18(25)22(28)20-12-21(34-2)23(35-20)19(29)14-36(30,31)13-16-4-3-10-27-24(16)26/h3-12H,13-14H2,1-2H3,(H2,26,27). The second kappa shape index (κ2) is 10.0. The second-order valence-electron chi connectivity index (χ2n) is 8.14. The van der Waals surface area contributed by atoms with E-state index in [-0.39, 0.29) is 38.5 Å². The smallest absolute Gasteiger partial charge is 0.268 e. The summed E-state index contributed by atoms with van der Waals surface area (Å²) in [6.07, 6.45) is 2.68. The number of pyridine rings is 1. The Morgan fingerprint density at radius 2 is 1.84 bits per heavy atom. The summed E-state index contributed by atoms with van der Waals surface area (Å²) in [6, 6.07) is 11.9. The number of carbonyl (C=O) groups excluding carboxylic acids is 1. The lowest BCUT2D eigenvalue weighted by molar-refractivity contribution is 0.0987. The molecule has 0 spiro atoms. The lowest BCUT2D eigenvalue weighted by Crippen LogP contribution is -2.18. The summed E-state index contributed by atoms with van der Waals surface area (Å²) >= 11 is 6.31. The molecule has 0 saturated carbocycles. The van der Waals surface area contributed by atoms with Crippen LogP contribution in [0.25, 0.3) is 11.5 Å². The van der Waals surface area contributed by atoms with Gasteiger partial charge in [0.15, 0.2) is 21.3 Å². The third-order valence-electron chi connectivity index (χ3n) is 5.44. The Morgan fingerprint density at radius 3 is 2.49 bits per heavy atom. The first-order chi connectivity index (χ1) is 17.4. The number of carbonyl (C=O) groups is 1. The molecular formula is C24H22ClN3O7S2. The van der Waals surface area contributed by atoms with Gasteiger partial charge >= 0.3 is 0 Å². The van der Waals surface area contributed by atoms with Gasteiger partial charge in [-0.25, -0.2) is 25.8 Å². The maximum absolute atomic E-state index is 13.3. The van der Waals surface area contributed by atoms with Crippen LogP contribution in [0.3, 0.4) is 0 Å². The second-order valence-corrected chi connectivity index (χ2v) is 12.4. The molecule has 0 atom stereocenters. The number of rotatable bonds is 9. The largest absolute Gasteiger partial charge is 0.493 e. The molecule has 37 heavy (non-hydrogen) atoms. The van der Waals surface area contributed by atoms with Gasteiger partial charge in [-0.1, -0.05) is 35.4 Å². The Bertz CT molecular complexity index is 1690. The van der Waals surface area contributed by atoms with E-state index >= 15 is 0 Å². The fraction of sp³-hybridized carbons (Fsp3) is 0.167. The molecule has 2 N–H and O–H groups in total. The topological polar surface area (TPSA) is 152 Å². The summed E-state index contributed by atoms with van der Waals surface area (Å²) in [7, 11) is -6.78. The number of aromatic nitrogens is 2. The normalized spacial score (nSPS) is 12.0. The summed E-state index contributed by atoms with van der Waals surface area (Å²) in [4.78, 5) is 16.8. The molecule has 1 aromatic carbocycles. The average Bonchev–Trinajstić information content (AvgIpc) is 3.44. The number of nitrogens with zero attached hydrogens (tertiary/aromatic N) is 2. The van der Waals surface area contributed by atoms with Gasteiger partial charge in [0.2, 0.25) is 11.5 Å². The van der Waals surface area contributed by atoms with Crippen LogP contribution in [0.1, 0.15) is 21.7 Å². The Balaban J connectivity index is 1.69. The number of hydrogen-bond acceptors (Lipinski definition) is 9. The third kappa shape index (κ3) is 5.41. The molecule has 4 rings (SSSR count). The van der Waals surface area contributed by atoms with Crippen molar-refractivity contribution < 1.29 is 30.8 Å². The highest BCUT2D eigenvalue weighted by atomic mass is 35.5. The summed E-state index contributed by atoms with van der Waals surface area (Å²) in [6.45, 7) is 1.83. The van der Waals surface area contributed by atoms with Crippen LogP contribution in [0.15, 0.2) is 70.2 Å². The van der Waals surface area contributed by atoms with Gasteiger partial charge in [-0.3, -0.25) is 4.79 Å². The zero-order valence-corrected chi connectivity index (χ0v) is 22.1. The number of halogens is 1. The van der Waals surface area contributed by atoms with Crippen LogP contribution in [0.2, 0.25) is 5.02 Å². The zero-order chi connectivity index (χ0) is 27.0. The highest BCUT2D eigenvalue weighted by molar-refractivity contribution is 7.91. The van der Waals surface area contributed by atoms with Gasteiger partial charge in [-0.2, -0.15) is 0 Å². The number of benzene rings is 1. The van der Waals surface area contributed by atoms with Crippen molar-refractivity contribution in [2.75, 3.05) is 18.6 Å². The number of sulfone groups is 1. The van der Waals surface area contributed by atoms with Gasteiger partial charge in [-0.15, -0.1) is 0 Å². The first-order valence-electron chi connectivity index (χ1n) is 10.7. The molecule has 0 aliphatic heterocycles. The van der Waals surface area contributed by atoms with Crippen molar-refractivity contribution in [2.24, 2.45) is 0 Å². The molecule has 0 aliphatic carbocycles. The van der Waals surface area contributed by atoms with Crippen LogP contribution in [0.5, 0.6) is 5.75 Å². The van der Waals surface area contributed by atoms with Crippen molar-refractivity contribution in [1.82, 2.24) is 8.96 Å². The summed E-state index contributed by atoms with van der Waals surface area (Å²) in [5.41, 5.74) is 6.81. The van der Waals surface area contributed by atoms with Crippen molar-refractivity contribution in [2.45, 2.75) is 17.6 Å². The molecule has 194 valence electrons. The van der Waals surface area contributed by atoms with E-state index in [0.717, 1.165) is 9.54 Å². The quantitative estimate of drug-likeness (QED) is 0.300. The number of aryl methyl sites for hydroxylation is 1. The lowest BCUT2D eigenvalue weighted by atomic mass is 10.2. The Labute approximate surface area is 218 Å². The van der Waals surface area contributed by atoms with Gasteiger partial charge in [0, 0.05) is 24.0 Å². The van der Waals surface area contributed by atoms with Crippen LogP contribution in [-0.2, 0) is 25.6 Å². The summed E-state index contributed by atoms with van der Waals surface area (Å²) in [5, 5.41) is 0.0331.